The summed E-state index contributed by atoms with van der Waals surface area (Å²) in [5.41, 5.74) is 0. The molecule has 0 aromatic heterocycles. The molecule has 3 rings (SSSR count). The van der Waals surface area contributed by atoms with Crippen LogP contribution < -0.4 is 4.74 Å². The molecule has 1 amide bonds. The third-order valence-corrected chi connectivity index (χ3v) is 5.01. The Morgan fingerprint density at radius 3 is 2.75 bits per heavy atom. The van der Waals surface area contributed by atoms with E-state index in [0.29, 0.717) is 18.2 Å². The topological polar surface area (TPSA) is 42.0 Å². The zero-order chi connectivity index (χ0) is 16.8. The molecule has 2 heterocycles. The number of rotatable bonds is 5. The SMILES string of the molecule is O=C(C1CCCOC1)N1CCN(CCOc2ccccc2Cl)CC1. The van der Waals surface area contributed by atoms with Crippen molar-refractivity contribution in [2.24, 2.45) is 5.92 Å². The zero-order valence-electron chi connectivity index (χ0n) is 14.0. The van der Waals surface area contributed by atoms with Gasteiger partial charge in [-0.3, -0.25) is 9.69 Å². The maximum Gasteiger partial charge on any atom is 0.228 e. The Balaban J connectivity index is 1.37. The largest absolute Gasteiger partial charge is 0.491 e. The van der Waals surface area contributed by atoms with E-state index in [9.17, 15) is 4.79 Å². The summed E-state index contributed by atoms with van der Waals surface area (Å²) in [5, 5.41) is 0.641. The highest BCUT2D eigenvalue weighted by molar-refractivity contribution is 6.32. The number of carbonyl (C=O) groups excluding carboxylic acids is 1. The summed E-state index contributed by atoms with van der Waals surface area (Å²) in [5.74, 6) is 1.06. The van der Waals surface area contributed by atoms with Crippen molar-refractivity contribution < 1.29 is 14.3 Å². The zero-order valence-corrected chi connectivity index (χ0v) is 14.7. The average Bonchev–Trinajstić information content (AvgIpc) is 2.64. The lowest BCUT2D eigenvalue weighted by molar-refractivity contribution is -0.141. The van der Waals surface area contributed by atoms with E-state index < -0.39 is 0 Å². The fraction of sp³-hybridized carbons (Fsp3) is 0.611. The van der Waals surface area contributed by atoms with Gasteiger partial charge in [0.25, 0.3) is 0 Å². The monoisotopic (exact) mass is 352 g/mol. The lowest BCUT2D eigenvalue weighted by Crippen LogP contribution is -2.51. The molecule has 2 aliphatic rings. The van der Waals surface area contributed by atoms with Crippen LogP contribution in [0.3, 0.4) is 0 Å². The minimum absolute atomic E-state index is 0.0638. The molecule has 6 heteroatoms. The normalized spacial score (nSPS) is 22.4. The van der Waals surface area contributed by atoms with Gasteiger partial charge in [-0.25, -0.2) is 0 Å². The Morgan fingerprint density at radius 1 is 1.25 bits per heavy atom. The standard InChI is InChI=1S/C18H25ClN2O3/c19-16-5-1-2-6-17(16)24-13-11-20-7-9-21(10-8-20)18(22)15-4-3-12-23-14-15/h1-2,5-6,15H,3-4,7-14H2. The Morgan fingerprint density at radius 2 is 2.04 bits per heavy atom. The molecule has 1 aromatic carbocycles. The fourth-order valence-electron chi connectivity index (χ4n) is 3.23. The molecule has 0 spiro atoms. The highest BCUT2D eigenvalue weighted by atomic mass is 35.5. The van der Waals surface area contributed by atoms with E-state index in [1.54, 1.807) is 0 Å². The molecule has 0 saturated carbocycles. The van der Waals surface area contributed by atoms with E-state index in [2.05, 4.69) is 4.90 Å². The first-order valence-corrected chi connectivity index (χ1v) is 9.08. The maximum absolute atomic E-state index is 12.5. The minimum Gasteiger partial charge on any atom is -0.491 e. The first-order valence-electron chi connectivity index (χ1n) is 8.70. The molecule has 2 fully saturated rings. The predicted octanol–water partition coefficient (Wildman–Crippen LogP) is 2.29. The van der Waals surface area contributed by atoms with Crippen molar-refractivity contribution in [2.75, 3.05) is 52.5 Å². The Bertz CT molecular complexity index is 541. The van der Waals surface area contributed by atoms with E-state index in [0.717, 1.165) is 57.9 Å². The van der Waals surface area contributed by atoms with Crippen LogP contribution in [0.25, 0.3) is 0 Å². The summed E-state index contributed by atoms with van der Waals surface area (Å²) in [6.07, 6.45) is 1.96. The maximum atomic E-state index is 12.5. The molecule has 0 bridgehead atoms. The Kier molecular flexibility index (Phi) is 6.35. The van der Waals surface area contributed by atoms with Crippen LogP contribution in [0.1, 0.15) is 12.8 Å². The van der Waals surface area contributed by atoms with Crippen LogP contribution in [0.5, 0.6) is 5.75 Å². The van der Waals surface area contributed by atoms with Crippen molar-refractivity contribution in [3.63, 3.8) is 0 Å². The molecule has 0 aliphatic carbocycles. The van der Waals surface area contributed by atoms with Gasteiger partial charge in [0.2, 0.25) is 5.91 Å². The van der Waals surface area contributed by atoms with E-state index >= 15 is 0 Å². The highest BCUT2D eigenvalue weighted by Gasteiger charge is 2.28. The third-order valence-electron chi connectivity index (χ3n) is 4.70. The number of hydrogen-bond acceptors (Lipinski definition) is 4. The number of hydrogen-bond donors (Lipinski definition) is 0. The second kappa shape index (κ2) is 8.70. The molecular weight excluding hydrogens is 328 g/mol. The number of benzene rings is 1. The molecule has 1 atom stereocenters. The molecule has 1 unspecified atom stereocenters. The first-order chi connectivity index (χ1) is 11.7. The molecule has 0 N–H and O–H groups in total. The second-order valence-electron chi connectivity index (χ2n) is 6.36. The predicted molar refractivity (Wildman–Crippen MR) is 93.5 cm³/mol. The molecule has 2 saturated heterocycles. The Hall–Kier alpha value is -1.30. The first kappa shape index (κ1) is 17.5. The fourth-order valence-corrected chi connectivity index (χ4v) is 3.42. The van der Waals surface area contributed by atoms with Gasteiger partial charge in [-0.15, -0.1) is 0 Å². The van der Waals surface area contributed by atoms with E-state index in [1.165, 1.54) is 0 Å². The third kappa shape index (κ3) is 4.62. The molecule has 1 aromatic rings. The second-order valence-corrected chi connectivity index (χ2v) is 6.77. The summed E-state index contributed by atoms with van der Waals surface area (Å²) in [6.45, 7) is 6.21. The lowest BCUT2D eigenvalue weighted by Gasteiger charge is -2.37. The number of para-hydroxylation sites is 1. The summed E-state index contributed by atoms with van der Waals surface area (Å²) in [4.78, 5) is 16.8. The van der Waals surface area contributed by atoms with E-state index in [-0.39, 0.29) is 11.8 Å². The molecular formula is C18H25ClN2O3. The van der Waals surface area contributed by atoms with Gasteiger partial charge in [-0.05, 0) is 25.0 Å². The van der Waals surface area contributed by atoms with E-state index in [1.807, 2.05) is 29.2 Å². The molecule has 0 radical (unpaired) electrons. The van der Waals surface area contributed by atoms with Gasteiger partial charge in [0.05, 0.1) is 17.5 Å². The summed E-state index contributed by atoms with van der Waals surface area (Å²) < 4.78 is 11.2. The molecule has 2 aliphatic heterocycles. The smallest absolute Gasteiger partial charge is 0.228 e. The van der Waals surface area contributed by atoms with Crippen LogP contribution in [0, 0.1) is 5.92 Å². The number of nitrogens with zero attached hydrogens (tertiary/aromatic N) is 2. The van der Waals surface area contributed by atoms with Gasteiger partial charge in [0.15, 0.2) is 0 Å². The Labute approximate surface area is 148 Å². The summed E-state index contributed by atoms with van der Waals surface area (Å²) in [6, 6.07) is 7.52. The minimum atomic E-state index is 0.0638. The van der Waals surface area contributed by atoms with Gasteiger partial charge < -0.3 is 14.4 Å². The van der Waals surface area contributed by atoms with Crippen LogP contribution in [0.2, 0.25) is 5.02 Å². The van der Waals surface area contributed by atoms with Crippen LogP contribution in [0.15, 0.2) is 24.3 Å². The van der Waals surface area contributed by atoms with Crippen molar-refractivity contribution in [1.82, 2.24) is 9.80 Å². The van der Waals surface area contributed by atoms with Crippen LogP contribution in [0.4, 0.5) is 0 Å². The lowest BCUT2D eigenvalue weighted by atomic mass is 10.0. The number of carbonyl (C=O) groups is 1. The molecule has 5 nitrogen and oxygen atoms in total. The number of amides is 1. The average molecular weight is 353 g/mol. The van der Waals surface area contributed by atoms with Crippen molar-refractivity contribution in [1.29, 1.82) is 0 Å². The van der Waals surface area contributed by atoms with Crippen molar-refractivity contribution >= 4 is 17.5 Å². The van der Waals surface area contributed by atoms with Crippen molar-refractivity contribution in [3.05, 3.63) is 29.3 Å². The van der Waals surface area contributed by atoms with Crippen LogP contribution >= 0.6 is 11.6 Å². The number of halogens is 1. The quantitative estimate of drug-likeness (QED) is 0.815. The summed E-state index contributed by atoms with van der Waals surface area (Å²) >= 11 is 6.08. The van der Waals surface area contributed by atoms with E-state index in [4.69, 9.17) is 21.1 Å². The number of piperazine rings is 1. The highest BCUT2D eigenvalue weighted by Crippen LogP contribution is 2.23. The summed E-state index contributed by atoms with van der Waals surface area (Å²) in [7, 11) is 0. The van der Waals surface area contributed by atoms with Crippen LogP contribution in [-0.4, -0.2) is 68.3 Å². The van der Waals surface area contributed by atoms with Gasteiger partial charge in [0, 0.05) is 39.3 Å². The van der Waals surface area contributed by atoms with Crippen molar-refractivity contribution in [2.45, 2.75) is 12.8 Å². The van der Waals surface area contributed by atoms with Gasteiger partial charge in [-0.1, -0.05) is 23.7 Å². The van der Waals surface area contributed by atoms with Gasteiger partial charge in [0.1, 0.15) is 12.4 Å². The molecule has 24 heavy (non-hydrogen) atoms. The van der Waals surface area contributed by atoms with Gasteiger partial charge >= 0.3 is 0 Å². The van der Waals surface area contributed by atoms with Gasteiger partial charge in [-0.2, -0.15) is 0 Å². The molecule has 132 valence electrons. The number of ether oxygens (including phenoxy) is 2. The van der Waals surface area contributed by atoms with Crippen molar-refractivity contribution in [3.8, 4) is 5.75 Å². The van der Waals surface area contributed by atoms with Crippen LogP contribution in [-0.2, 0) is 9.53 Å².